The van der Waals surface area contributed by atoms with Gasteiger partial charge in [-0.25, -0.2) is 0 Å². The predicted octanol–water partition coefficient (Wildman–Crippen LogP) is 2.63. The molecule has 0 aromatic heterocycles. The molecule has 0 saturated carbocycles. The Kier molecular flexibility index (Phi) is 5.78. The number of aliphatic hydroxyl groups is 1. The zero-order valence-electron chi connectivity index (χ0n) is 12.6. The zero-order valence-corrected chi connectivity index (χ0v) is 12.6. The fraction of sp³-hybridized carbons (Fsp3) is 0.333. The van der Waals surface area contributed by atoms with E-state index >= 15 is 0 Å². The number of nitrogens with one attached hydrogen (secondary N) is 1. The lowest BCUT2D eigenvalue weighted by Crippen LogP contribution is -2.31. The molecule has 1 radical (unpaired) electrons. The number of hydrogen-bond donors (Lipinski definition) is 2. The molecule has 0 fully saturated rings. The minimum atomic E-state index is -0.531. The molecule has 2 aromatic rings. The second-order valence-corrected chi connectivity index (χ2v) is 5.23. The first kappa shape index (κ1) is 15.5. The quantitative estimate of drug-likeness (QED) is 0.821. The maximum absolute atomic E-state index is 9.97. The molecule has 21 heavy (non-hydrogen) atoms. The van der Waals surface area contributed by atoms with Crippen molar-refractivity contribution in [3.8, 4) is 5.75 Å². The summed E-state index contributed by atoms with van der Waals surface area (Å²) in [6.07, 6.45) is -0.531. The summed E-state index contributed by atoms with van der Waals surface area (Å²) in [6, 6.07) is 17.0. The van der Waals surface area contributed by atoms with Crippen molar-refractivity contribution < 1.29 is 9.84 Å². The summed E-state index contributed by atoms with van der Waals surface area (Å²) < 4.78 is 5.72. The Bertz CT molecular complexity index is 534. The van der Waals surface area contributed by atoms with Crippen molar-refractivity contribution in [1.82, 2.24) is 5.32 Å². The van der Waals surface area contributed by atoms with Crippen LogP contribution in [0.2, 0.25) is 0 Å². The fourth-order valence-corrected chi connectivity index (χ4v) is 2.18. The van der Waals surface area contributed by atoms with E-state index in [4.69, 9.17) is 4.74 Å². The minimum absolute atomic E-state index is 0.285. The van der Waals surface area contributed by atoms with Crippen LogP contribution in [-0.2, 0) is 6.54 Å². The maximum Gasteiger partial charge on any atom is 0.125 e. The zero-order chi connectivity index (χ0) is 15.1. The number of ether oxygens (including phenoxy) is 1. The summed E-state index contributed by atoms with van der Waals surface area (Å²) in [5.41, 5.74) is 3.29. The average Bonchev–Trinajstić information content (AvgIpc) is 2.48. The number of rotatable bonds is 7. The summed E-state index contributed by atoms with van der Waals surface area (Å²) in [5, 5.41) is 13.2. The van der Waals surface area contributed by atoms with Crippen LogP contribution in [-0.4, -0.2) is 24.4 Å². The van der Waals surface area contributed by atoms with Gasteiger partial charge in [-0.1, -0.05) is 30.3 Å². The summed E-state index contributed by atoms with van der Waals surface area (Å²) >= 11 is 0. The third-order valence-corrected chi connectivity index (χ3v) is 3.29. The van der Waals surface area contributed by atoms with Gasteiger partial charge in [0.25, 0.3) is 0 Å². The molecule has 0 aliphatic rings. The first-order valence-corrected chi connectivity index (χ1v) is 7.19. The van der Waals surface area contributed by atoms with Crippen LogP contribution >= 0.6 is 0 Å². The lowest BCUT2D eigenvalue weighted by Gasteiger charge is -2.16. The molecule has 0 spiro atoms. The van der Waals surface area contributed by atoms with Crippen molar-refractivity contribution in [1.29, 1.82) is 0 Å². The van der Waals surface area contributed by atoms with E-state index in [9.17, 15) is 5.11 Å². The third-order valence-electron chi connectivity index (χ3n) is 3.29. The van der Waals surface area contributed by atoms with Crippen LogP contribution in [0.1, 0.15) is 16.7 Å². The Hall–Kier alpha value is -1.84. The Balaban J connectivity index is 1.74. The summed E-state index contributed by atoms with van der Waals surface area (Å²) in [6.45, 7) is 5.51. The molecule has 3 nitrogen and oxygen atoms in total. The van der Waals surface area contributed by atoms with Crippen molar-refractivity contribution in [2.75, 3.05) is 13.2 Å². The van der Waals surface area contributed by atoms with Crippen LogP contribution in [0.4, 0.5) is 0 Å². The van der Waals surface area contributed by atoms with Crippen LogP contribution in [0.15, 0.2) is 42.5 Å². The second-order valence-electron chi connectivity index (χ2n) is 5.23. The Labute approximate surface area is 126 Å². The summed E-state index contributed by atoms with van der Waals surface area (Å²) in [5.74, 6) is 0.843. The van der Waals surface area contributed by atoms with E-state index in [1.165, 1.54) is 5.56 Å². The van der Waals surface area contributed by atoms with Gasteiger partial charge in [0.2, 0.25) is 0 Å². The van der Waals surface area contributed by atoms with Gasteiger partial charge in [0.1, 0.15) is 18.5 Å². The maximum atomic E-state index is 9.97. The molecule has 0 aliphatic heterocycles. The normalized spacial score (nSPS) is 12.1. The Morgan fingerprint density at radius 3 is 2.48 bits per heavy atom. The van der Waals surface area contributed by atoms with Gasteiger partial charge in [0.05, 0.1) is 0 Å². The molecular weight excluding hydrogens is 262 g/mol. The molecular formula is C18H22NO2. The first-order valence-electron chi connectivity index (χ1n) is 7.19. The van der Waals surface area contributed by atoms with Crippen LogP contribution < -0.4 is 10.1 Å². The standard InChI is InChI=1S/C18H22NO2/c1-14-7-6-8-15(2)18(14)21-13-17(20)12-19-11-16-9-4-3-5-10-16/h3-5,7-10,17,19-20H,11-13H2,1-2H3. The van der Waals surface area contributed by atoms with Crippen molar-refractivity contribution in [3.63, 3.8) is 0 Å². The van der Waals surface area contributed by atoms with Gasteiger partial charge >= 0.3 is 0 Å². The summed E-state index contributed by atoms with van der Waals surface area (Å²) in [4.78, 5) is 0. The number of aryl methyl sites for hydroxylation is 2. The van der Waals surface area contributed by atoms with Gasteiger partial charge < -0.3 is 15.2 Å². The first-order chi connectivity index (χ1) is 10.2. The molecule has 0 heterocycles. The number of benzene rings is 2. The van der Waals surface area contributed by atoms with Crippen LogP contribution in [0.3, 0.4) is 0 Å². The highest BCUT2D eigenvalue weighted by atomic mass is 16.5. The lowest BCUT2D eigenvalue weighted by molar-refractivity contribution is 0.105. The predicted molar refractivity (Wildman–Crippen MR) is 84.4 cm³/mol. The number of hydrogen-bond acceptors (Lipinski definition) is 3. The lowest BCUT2D eigenvalue weighted by atomic mass is 10.1. The van der Waals surface area contributed by atoms with Crippen LogP contribution in [0.25, 0.3) is 0 Å². The molecule has 0 saturated heterocycles. The van der Waals surface area contributed by atoms with Gasteiger partial charge in [-0.2, -0.15) is 0 Å². The van der Waals surface area contributed by atoms with Gasteiger partial charge in [-0.15, -0.1) is 0 Å². The van der Waals surface area contributed by atoms with Gasteiger partial charge in [0.15, 0.2) is 0 Å². The Morgan fingerprint density at radius 1 is 1.14 bits per heavy atom. The third kappa shape index (κ3) is 4.88. The number of aliphatic hydroxyl groups excluding tert-OH is 1. The smallest absolute Gasteiger partial charge is 0.125 e. The molecule has 2 aromatic carbocycles. The molecule has 0 amide bonds. The van der Waals surface area contributed by atoms with Gasteiger partial charge in [-0.3, -0.25) is 0 Å². The van der Waals surface area contributed by atoms with E-state index in [1.54, 1.807) is 0 Å². The van der Waals surface area contributed by atoms with Crippen molar-refractivity contribution in [2.45, 2.75) is 26.5 Å². The molecule has 3 heteroatoms. The molecule has 0 aliphatic carbocycles. The van der Waals surface area contributed by atoms with E-state index < -0.39 is 6.10 Å². The molecule has 1 unspecified atom stereocenters. The summed E-state index contributed by atoms with van der Waals surface area (Å²) in [7, 11) is 0. The van der Waals surface area contributed by atoms with E-state index in [2.05, 4.69) is 23.5 Å². The molecule has 2 N–H and O–H groups in total. The van der Waals surface area contributed by atoms with E-state index in [-0.39, 0.29) is 6.61 Å². The van der Waals surface area contributed by atoms with Gasteiger partial charge in [0, 0.05) is 13.1 Å². The highest BCUT2D eigenvalue weighted by Gasteiger charge is 2.08. The van der Waals surface area contributed by atoms with Crippen LogP contribution in [0, 0.1) is 19.9 Å². The van der Waals surface area contributed by atoms with Crippen molar-refractivity contribution in [3.05, 3.63) is 65.2 Å². The average molecular weight is 284 g/mol. The fourth-order valence-electron chi connectivity index (χ4n) is 2.18. The SMILES string of the molecule is Cc1c[c]cc(C)c1OCC(O)CNCc1ccccc1. The highest BCUT2D eigenvalue weighted by molar-refractivity contribution is 5.39. The topological polar surface area (TPSA) is 41.5 Å². The molecule has 2 rings (SSSR count). The molecule has 1 atom stereocenters. The van der Waals surface area contributed by atoms with E-state index in [0.29, 0.717) is 6.54 Å². The van der Waals surface area contributed by atoms with Gasteiger partial charge in [-0.05, 0) is 48.7 Å². The largest absolute Gasteiger partial charge is 0.490 e. The van der Waals surface area contributed by atoms with Crippen LogP contribution in [0.5, 0.6) is 5.75 Å². The molecule has 111 valence electrons. The molecule has 0 bridgehead atoms. The Morgan fingerprint density at radius 2 is 1.81 bits per heavy atom. The van der Waals surface area contributed by atoms with Crippen molar-refractivity contribution in [2.24, 2.45) is 0 Å². The monoisotopic (exact) mass is 284 g/mol. The van der Waals surface area contributed by atoms with Crippen molar-refractivity contribution >= 4 is 0 Å². The minimum Gasteiger partial charge on any atom is -0.490 e. The second kappa shape index (κ2) is 7.81. The highest BCUT2D eigenvalue weighted by Crippen LogP contribution is 2.21. The van der Waals surface area contributed by atoms with E-state index in [1.807, 2.05) is 44.2 Å². The van der Waals surface area contributed by atoms with E-state index in [0.717, 1.165) is 23.4 Å².